The van der Waals surface area contributed by atoms with Crippen molar-refractivity contribution >= 4 is 6.29 Å². The molecule has 1 aromatic carbocycles. The van der Waals surface area contributed by atoms with Crippen molar-refractivity contribution in [2.75, 3.05) is 19.8 Å². The predicted molar refractivity (Wildman–Crippen MR) is 80.2 cm³/mol. The van der Waals surface area contributed by atoms with Crippen LogP contribution in [-0.4, -0.2) is 43.4 Å². The third-order valence-corrected chi connectivity index (χ3v) is 2.64. The van der Waals surface area contributed by atoms with Crippen LogP contribution in [0.2, 0.25) is 0 Å². The van der Waals surface area contributed by atoms with E-state index in [1.807, 2.05) is 20.8 Å². The van der Waals surface area contributed by atoms with Crippen molar-refractivity contribution in [1.29, 1.82) is 0 Å². The van der Waals surface area contributed by atoms with Gasteiger partial charge in [0.1, 0.15) is 24.2 Å². The molecule has 0 aromatic heterocycles. The normalized spacial score (nSPS) is 12.2. The highest BCUT2D eigenvalue weighted by Crippen LogP contribution is 2.24. The first-order valence-electron chi connectivity index (χ1n) is 7.21. The molecular weight excluding hydrogens is 272 g/mol. The second-order valence-electron chi connectivity index (χ2n) is 5.01. The number of ether oxygens (including phenoxy) is 3. The summed E-state index contributed by atoms with van der Waals surface area (Å²) in [6, 6.07) is 5.03. The second kappa shape index (κ2) is 9.37. The van der Waals surface area contributed by atoms with E-state index in [1.165, 1.54) is 0 Å². The number of hydrogen-bond acceptors (Lipinski definition) is 5. The van der Waals surface area contributed by atoms with Crippen molar-refractivity contribution in [3.8, 4) is 11.5 Å². The summed E-state index contributed by atoms with van der Waals surface area (Å²) in [6.45, 7) is 6.66. The van der Waals surface area contributed by atoms with Gasteiger partial charge in [0.2, 0.25) is 0 Å². The summed E-state index contributed by atoms with van der Waals surface area (Å²) in [5.41, 5.74) is 0.427. The molecule has 1 unspecified atom stereocenters. The number of carbonyl (C=O) groups excluding carboxylic acids is 1. The molecule has 0 aliphatic rings. The molecule has 0 heterocycles. The first kappa shape index (κ1) is 17.5. The highest BCUT2D eigenvalue weighted by molar-refractivity contribution is 5.79. The van der Waals surface area contributed by atoms with Crippen LogP contribution >= 0.6 is 0 Å². The summed E-state index contributed by atoms with van der Waals surface area (Å²) in [7, 11) is 0. The minimum atomic E-state index is -0.743. The third-order valence-electron chi connectivity index (χ3n) is 2.64. The van der Waals surface area contributed by atoms with Crippen LogP contribution in [0.1, 0.15) is 37.6 Å². The molecule has 0 aliphatic heterocycles. The van der Waals surface area contributed by atoms with Gasteiger partial charge in [0.05, 0.1) is 24.9 Å². The van der Waals surface area contributed by atoms with Crippen LogP contribution in [0.25, 0.3) is 0 Å². The summed E-state index contributed by atoms with van der Waals surface area (Å²) >= 11 is 0. The standard InChI is InChI=1S/C16H24O5/c1-4-7-19-15-6-5-13(9-17)16(8-15)21-11-14(18)10-20-12(2)3/h5-6,8-9,12,14,18H,4,7,10-11H2,1-3H3. The third kappa shape index (κ3) is 6.60. The van der Waals surface area contributed by atoms with Gasteiger partial charge in [-0.05, 0) is 32.4 Å². The van der Waals surface area contributed by atoms with Crippen LogP contribution in [0.15, 0.2) is 18.2 Å². The molecule has 0 radical (unpaired) electrons. The molecule has 1 rings (SSSR count). The molecule has 118 valence electrons. The molecule has 5 heteroatoms. The Morgan fingerprint density at radius 2 is 2.00 bits per heavy atom. The number of aliphatic hydroxyl groups is 1. The van der Waals surface area contributed by atoms with Crippen LogP contribution in [-0.2, 0) is 4.74 Å². The quantitative estimate of drug-likeness (QED) is 0.672. The minimum Gasteiger partial charge on any atom is -0.493 e. The molecule has 1 atom stereocenters. The van der Waals surface area contributed by atoms with Crippen molar-refractivity contribution in [3.63, 3.8) is 0 Å². The van der Waals surface area contributed by atoms with E-state index < -0.39 is 6.10 Å². The Kier molecular flexibility index (Phi) is 7.79. The Morgan fingerprint density at radius 3 is 2.62 bits per heavy atom. The van der Waals surface area contributed by atoms with Gasteiger partial charge < -0.3 is 19.3 Å². The van der Waals surface area contributed by atoms with E-state index in [9.17, 15) is 9.90 Å². The second-order valence-corrected chi connectivity index (χ2v) is 5.01. The van der Waals surface area contributed by atoms with Crippen LogP contribution < -0.4 is 9.47 Å². The Bertz CT molecular complexity index is 431. The molecule has 0 fully saturated rings. The number of aldehydes is 1. The van der Waals surface area contributed by atoms with Crippen molar-refractivity contribution in [2.45, 2.75) is 39.4 Å². The largest absolute Gasteiger partial charge is 0.493 e. The van der Waals surface area contributed by atoms with E-state index in [0.717, 1.165) is 12.7 Å². The lowest BCUT2D eigenvalue weighted by molar-refractivity contribution is -0.0123. The van der Waals surface area contributed by atoms with E-state index in [2.05, 4.69) is 0 Å². The number of benzene rings is 1. The topological polar surface area (TPSA) is 65.0 Å². The SMILES string of the molecule is CCCOc1ccc(C=O)c(OCC(O)COC(C)C)c1. The average molecular weight is 296 g/mol. The highest BCUT2D eigenvalue weighted by Gasteiger charge is 2.10. The molecule has 21 heavy (non-hydrogen) atoms. The lowest BCUT2D eigenvalue weighted by Gasteiger charge is -2.16. The van der Waals surface area contributed by atoms with E-state index in [0.29, 0.717) is 23.7 Å². The van der Waals surface area contributed by atoms with Crippen molar-refractivity contribution in [2.24, 2.45) is 0 Å². The van der Waals surface area contributed by atoms with Crippen LogP contribution in [0.5, 0.6) is 11.5 Å². The van der Waals surface area contributed by atoms with E-state index in [4.69, 9.17) is 14.2 Å². The monoisotopic (exact) mass is 296 g/mol. The minimum absolute atomic E-state index is 0.0518. The Balaban J connectivity index is 2.60. The lowest BCUT2D eigenvalue weighted by atomic mass is 10.2. The van der Waals surface area contributed by atoms with Gasteiger partial charge in [0, 0.05) is 6.07 Å². The van der Waals surface area contributed by atoms with Crippen LogP contribution in [0, 0.1) is 0 Å². The molecular formula is C16H24O5. The number of aliphatic hydroxyl groups excluding tert-OH is 1. The number of carbonyl (C=O) groups is 1. The van der Waals surface area contributed by atoms with Crippen molar-refractivity contribution in [3.05, 3.63) is 23.8 Å². The highest BCUT2D eigenvalue weighted by atomic mass is 16.5. The predicted octanol–water partition coefficient (Wildman–Crippen LogP) is 2.45. The molecule has 1 aromatic rings. The summed E-state index contributed by atoms with van der Waals surface area (Å²) < 4.78 is 16.3. The molecule has 0 spiro atoms. The van der Waals surface area contributed by atoms with Gasteiger partial charge in [-0.3, -0.25) is 4.79 Å². The first-order chi connectivity index (χ1) is 10.1. The Hall–Kier alpha value is -1.59. The van der Waals surface area contributed by atoms with Gasteiger partial charge in [-0.15, -0.1) is 0 Å². The zero-order valence-corrected chi connectivity index (χ0v) is 12.9. The Morgan fingerprint density at radius 1 is 1.24 bits per heavy atom. The van der Waals surface area contributed by atoms with Gasteiger partial charge in [-0.2, -0.15) is 0 Å². The maximum absolute atomic E-state index is 11.0. The van der Waals surface area contributed by atoms with E-state index in [1.54, 1.807) is 18.2 Å². The number of hydrogen-bond donors (Lipinski definition) is 1. The van der Waals surface area contributed by atoms with E-state index >= 15 is 0 Å². The molecule has 0 aliphatic carbocycles. The van der Waals surface area contributed by atoms with Crippen LogP contribution in [0.3, 0.4) is 0 Å². The van der Waals surface area contributed by atoms with Gasteiger partial charge in [-0.25, -0.2) is 0 Å². The molecule has 0 saturated carbocycles. The van der Waals surface area contributed by atoms with Crippen LogP contribution in [0.4, 0.5) is 0 Å². The van der Waals surface area contributed by atoms with Gasteiger partial charge in [0.15, 0.2) is 6.29 Å². The summed E-state index contributed by atoms with van der Waals surface area (Å²) in [5.74, 6) is 1.05. The average Bonchev–Trinajstić information content (AvgIpc) is 2.48. The van der Waals surface area contributed by atoms with Gasteiger partial charge in [0.25, 0.3) is 0 Å². The fourth-order valence-corrected chi connectivity index (χ4v) is 1.58. The summed E-state index contributed by atoms with van der Waals surface area (Å²) in [5, 5.41) is 9.76. The maximum Gasteiger partial charge on any atom is 0.153 e. The molecule has 1 N–H and O–H groups in total. The molecule has 0 amide bonds. The zero-order chi connectivity index (χ0) is 15.7. The molecule has 0 saturated heterocycles. The fourth-order valence-electron chi connectivity index (χ4n) is 1.58. The van der Waals surface area contributed by atoms with E-state index in [-0.39, 0.29) is 19.3 Å². The molecule has 5 nitrogen and oxygen atoms in total. The zero-order valence-electron chi connectivity index (χ0n) is 12.9. The van der Waals surface area contributed by atoms with Gasteiger partial charge >= 0.3 is 0 Å². The summed E-state index contributed by atoms with van der Waals surface area (Å²) in [4.78, 5) is 11.0. The fraction of sp³-hybridized carbons (Fsp3) is 0.562. The van der Waals surface area contributed by atoms with Crippen molar-refractivity contribution < 1.29 is 24.1 Å². The molecule has 0 bridgehead atoms. The number of rotatable bonds is 10. The lowest BCUT2D eigenvalue weighted by Crippen LogP contribution is -2.25. The van der Waals surface area contributed by atoms with Gasteiger partial charge in [-0.1, -0.05) is 6.92 Å². The summed E-state index contributed by atoms with van der Waals surface area (Å²) in [6.07, 6.45) is 0.926. The smallest absolute Gasteiger partial charge is 0.153 e. The maximum atomic E-state index is 11.0. The van der Waals surface area contributed by atoms with Crippen molar-refractivity contribution in [1.82, 2.24) is 0 Å². The Labute approximate surface area is 125 Å². The first-order valence-corrected chi connectivity index (χ1v) is 7.21.